The van der Waals surface area contributed by atoms with Crippen molar-refractivity contribution < 1.29 is 14.3 Å². The molecule has 1 heterocycles. The molecule has 1 N–H and O–H groups in total. The Bertz CT molecular complexity index is 1070. The molecule has 0 bridgehead atoms. The van der Waals surface area contributed by atoms with Gasteiger partial charge in [-0.1, -0.05) is 61.8 Å². The van der Waals surface area contributed by atoms with E-state index < -0.39 is 18.1 Å². The summed E-state index contributed by atoms with van der Waals surface area (Å²) in [6.07, 6.45) is -1.18. The topological polar surface area (TPSA) is 84.2 Å². The van der Waals surface area contributed by atoms with Crippen LogP contribution in [0.3, 0.4) is 0 Å². The van der Waals surface area contributed by atoms with Crippen LogP contribution in [0.2, 0.25) is 5.02 Å². The molecule has 7 heteroatoms. The van der Waals surface area contributed by atoms with E-state index in [0.29, 0.717) is 22.3 Å². The molecule has 3 rings (SSSR count). The molecule has 2 unspecified atom stereocenters. The quantitative estimate of drug-likeness (QED) is 0.452. The predicted octanol–water partition coefficient (Wildman–Crippen LogP) is 5.77. The lowest BCUT2D eigenvalue weighted by Crippen LogP contribution is -2.36. The van der Waals surface area contributed by atoms with Gasteiger partial charge in [0.05, 0.1) is 16.4 Å². The third kappa shape index (κ3) is 5.97. The van der Waals surface area contributed by atoms with Crippen LogP contribution in [0.1, 0.15) is 25.6 Å². The summed E-state index contributed by atoms with van der Waals surface area (Å²) < 4.78 is 11.2. The molecule has 2 atom stereocenters. The number of benzene rings is 2. The Kier molecular flexibility index (Phi) is 7.47. The fraction of sp³-hybridized carbons (Fsp3) is 0.208. The number of halogens is 1. The van der Waals surface area contributed by atoms with Gasteiger partial charge < -0.3 is 14.8 Å². The lowest BCUT2D eigenvalue weighted by molar-refractivity contribution is -0.149. The third-order valence-electron chi connectivity index (χ3n) is 4.44. The monoisotopic (exact) mass is 435 g/mol. The van der Waals surface area contributed by atoms with Crippen molar-refractivity contribution in [1.82, 2.24) is 4.98 Å². The van der Waals surface area contributed by atoms with Crippen molar-refractivity contribution in [3.63, 3.8) is 0 Å². The number of esters is 1. The lowest BCUT2D eigenvalue weighted by atomic mass is 10.0. The molecule has 0 aliphatic rings. The molecule has 0 aliphatic heterocycles. The standard InChI is InChI=1S/C24H22ClN3O3/c1-16(2)23(28-19-12-7-6-11-18(19)25)24(29)31-21(15-26)20-13-8-14-22(27-20)30-17-9-4-3-5-10-17/h3-14,16,21,23,28H,1-2H3. The third-order valence-corrected chi connectivity index (χ3v) is 4.77. The smallest absolute Gasteiger partial charge is 0.330 e. The number of nitrogens with one attached hydrogen (secondary N) is 1. The summed E-state index contributed by atoms with van der Waals surface area (Å²) in [5, 5.41) is 13.2. The van der Waals surface area contributed by atoms with E-state index in [1.54, 1.807) is 48.5 Å². The second-order valence-corrected chi connectivity index (χ2v) is 7.51. The Morgan fingerprint density at radius 3 is 2.42 bits per heavy atom. The van der Waals surface area contributed by atoms with E-state index in [0.717, 1.165) is 0 Å². The van der Waals surface area contributed by atoms with Gasteiger partial charge in [0.15, 0.2) is 0 Å². The van der Waals surface area contributed by atoms with E-state index in [1.165, 1.54) is 0 Å². The van der Waals surface area contributed by atoms with E-state index in [-0.39, 0.29) is 11.6 Å². The van der Waals surface area contributed by atoms with E-state index in [9.17, 15) is 10.1 Å². The molecule has 0 aliphatic carbocycles. The molecule has 6 nitrogen and oxygen atoms in total. The first-order valence-electron chi connectivity index (χ1n) is 9.79. The van der Waals surface area contributed by atoms with Crippen molar-refractivity contribution in [3.8, 4) is 17.7 Å². The minimum Gasteiger partial charge on any atom is -0.439 e. The number of para-hydroxylation sites is 2. The summed E-state index contributed by atoms with van der Waals surface area (Å²) in [5.41, 5.74) is 0.897. The molecular formula is C24H22ClN3O3. The van der Waals surface area contributed by atoms with Gasteiger partial charge in [0.2, 0.25) is 12.0 Å². The molecule has 31 heavy (non-hydrogen) atoms. The van der Waals surface area contributed by atoms with E-state index in [2.05, 4.69) is 10.3 Å². The molecule has 0 radical (unpaired) electrons. The molecule has 2 aromatic carbocycles. The number of aromatic nitrogens is 1. The first-order valence-corrected chi connectivity index (χ1v) is 10.2. The number of hydrogen-bond donors (Lipinski definition) is 1. The molecule has 0 fully saturated rings. The SMILES string of the molecule is CC(C)C(Nc1ccccc1Cl)C(=O)OC(C#N)c1cccc(Oc2ccccc2)n1. The van der Waals surface area contributed by atoms with Crippen LogP contribution in [0.4, 0.5) is 5.69 Å². The number of anilines is 1. The van der Waals surface area contributed by atoms with Crippen molar-refractivity contribution in [1.29, 1.82) is 5.26 Å². The zero-order valence-corrected chi connectivity index (χ0v) is 17.9. The largest absolute Gasteiger partial charge is 0.439 e. The van der Waals surface area contributed by atoms with Gasteiger partial charge in [-0.15, -0.1) is 0 Å². The van der Waals surface area contributed by atoms with Crippen molar-refractivity contribution in [2.75, 3.05) is 5.32 Å². The highest BCUT2D eigenvalue weighted by atomic mass is 35.5. The molecule has 0 saturated carbocycles. The van der Waals surface area contributed by atoms with Gasteiger partial charge >= 0.3 is 5.97 Å². The predicted molar refractivity (Wildman–Crippen MR) is 119 cm³/mol. The second kappa shape index (κ2) is 10.5. The van der Waals surface area contributed by atoms with Crippen LogP contribution in [-0.2, 0) is 9.53 Å². The van der Waals surface area contributed by atoms with Crippen LogP contribution in [0.5, 0.6) is 11.6 Å². The van der Waals surface area contributed by atoms with Crippen LogP contribution >= 0.6 is 11.6 Å². The lowest BCUT2D eigenvalue weighted by Gasteiger charge is -2.23. The first-order chi connectivity index (χ1) is 15.0. The zero-order chi connectivity index (χ0) is 22.2. The minimum atomic E-state index is -1.18. The average molecular weight is 436 g/mol. The fourth-order valence-electron chi connectivity index (χ4n) is 2.83. The number of ether oxygens (including phenoxy) is 2. The number of carbonyl (C=O) groups is 1. The number of nitriles is 1. The Morgan fingerprint density at radius 2 is 1.74 bits per heavy atom. The summed E-state index contributed by atoms with van der Waals surface area (Å²) >= 11 is 6.20. The van der Waals surface area contributed by atoms with Crippen LogP contribution in [0, 0.1) is 17.2 Å². The molecule has 0 amide bonds. The van der Waals surface area contributed by atoms with Crippen molar-refractivity contribution >= 4 is 23.3 Å². The highest BCUT2D eigenvalue weighted by molar-refractivity contribution is 6.33. The van der Waals surface area contributed by atoms with Crippen molar-refractivity contribution in [2.24, 2.45) is 5.92 Å². The highest BCUT2D eigenvalue weighted by Crippen LogP contribution is 2.26. The maximum absolute atomic E-state index is 12.9. The van der Waals surface area contributed by atoms with Crippen LogP contribution < -0.4 is 10.1 Å². The van der Waals surface area contributed by atoms with Crippen LogP contribution in [-0.4, -0.2) is 17.0 Å². The van der Waals surface area contributed by atoms with Gasteiger partial charge in [0.25, 0.3) is 0 Å². The van der Waals surface area contributed by atoms with Gasteiger partial charge in [-0.3, -0.25) is 0 Å². The number of hydrogen-bond acceptors (Lipinski definition) is 6. The summed E-state index contributed by atoms with van der Waals surface area (Å²) in [5.74, 6) is 0.234. The van der Waals surface area contributed by atoms with Gasteiger partial charge in [-0.2, -0.15) is 5.26 Å². The number of nitrogens with zero attached hydrogens (tertiary/aromatic N) is 2. The van der Waals surface area contributed by atoms with Crippen molar-refractivity contribution in [3.05, 3.63) is 83.5 Å². The fourth-order valence-corrected chi connectivity index (χ4v) is 3.02. The number of carbonyl (C=O) groups excluding carboxylic acids is 1. The van der Waals surface area contributed by atoms with Crippen molar-refractivity contribution in [2.45, 2.75) is 26.0 Å². The molecule has 0 spiro atoms. The Balaban J connectivity index is 1.74. The van der Waals surface area contributed by atoms with E-state index in [1.807, 2.05) is 44.2 Å². The molecule has 1 aromatic heterocycles. The minimum absolute atomic E-state index is 0.108. The van der Waals surface area contributed by atoms with Crippen LogP contribution in [0.25, 0.3) is 0 Å². The molecular weight excluding hydrogens is 414 g/mol. The summed E-state index contributed by atoms with van der Waals surface area (Å²) in [4.78, 5) is 17.2. The Morgan fingerprint density at radius 1 is 1.03 bits per heavy atom. The normalized spacial score (nSPS) is 12.5. The van der Waals surface area contributed by atoms with E-state index in [4.69, 9.17) is 21.1 Å². The van der Waals surface area contributed by atoms with Gasteiger partial charge in [-0.05, 0) is 36.2 Å². The van der Waals surface area contributed by atoms with E-state index >= 15 is 0 Å². The van der Waals surface area contributed by atoms with Gasteiger partial charge in [0, 0.05) is 6.07 Å². The summed E-state index contributed by atoms with van der Waals surface area (Å²) in [7, 11) is 0. The number of rotatable bonds is 8. The highest BCUT2D eigenvalue weighted by Gasteiger charge is 2.28. The Labute approximate surface area is 186 Å². The Hall–Kier alpha value is -3.56. The van der Waals surface area contributed by atoms with Crippen LogP contribution in [0.15, 0.2) is 72.8 Å². The zero-order valence-electron chi connectivity index (χ0n) is 17.2. The average Bonchev–Trinajstić information content (AvgIpc) is 2.77. The summed E-state index contributed by atoms with van der Waals surface area (Å²) in [6.45, 7) is 3.76. The first kappa shape index (κ1) is 22.1. The molecule has 158 valence electrons. The molecule has 3 aromatic rings. The maximum atomic E-state index is 12.9. The maximum Gasteiger partial charge on any atom is 0.330 e. The number of pyridine rings is 1. The molecule has 0 saturated heterocycles. The van der Waals surface area contributed by atoms with Gasteiger partial charge in [0.1, 0.15) is 17.9 Å². The second-order valence-electron chi connectivity index (χ2n) is 7.11. The van der Waals surface area contributed by atoms with Gasteiger partial charge in [-0.25, -0.2) is 9.78 Å². The summed E-state index contributed by atoms with van der Waals surface area (Å²) in [6, 6.07) is 22.6.